The lowest BCUT2D eigenvalue weighted by atomic mass is 9.97. The average Bonchev–Trinajstić information content (AvgIpc) is 2.83. The van der Waals surface area contributed by atoms with Crippen LogP contribution in [0.2, 0.25) is 0 Å². The van der Waals surface area contributed by atoms with Crippen molar-refractivity contribution in [3.8, 4) is 17.0 Å². The molecule has 0 bridgehead atoms. The second-order valence-electron chi connectivity index (χ2n) is 7.36. The molecule has 1 N–H and O–H groups in total. The predicted molar refractivity (Wildman–Crippen MR) is 115 cm³/mol. The second-order valence-corrected chi connectivity index (χ2v) is 7.36. The van der Waals surface area contributed by atoms with Crippen LogP contribution >= 0.6 is 0 Å². The van der Waals surface area contributed by atoms with Gasteiger partial charge in [-0.25, -0.2) is 0 Å². The Morgan fingerprint density at radius 3 is 2.60 bits per heavy atom. The SMILES string of the molecule is COc1ccc(CNC(=O)C2CCCN(c3ccc(-c4ccncc4)nn3)C2)cc1. The zero-order valence-corrected chi connectivity index (χ0v) is 17.0. The van der Waals surface area contributed by atoms with Gasteiger partial charge in [0.25, 0.3) is 0 Å². The van der Waals surface area contributed by atoms with E-state index in [4.69, 9.17) is 4.74 Å². The molecule has 2 aromatic heterocycles. The third-order valence-corrected chi connectivity index (χ3v) is 5.37. The van der Waals surface area contributed by atoms with Crippen LogP contribution in [0.5, 0.6) is 5.75 Å². The molecule has 0 saturated carbocycles. The molecular formula is C23H25N5O2. The van der Waals surface area contributed by atoms with Crippen LogP contribution in [0.15, 0.2) is 60.9 Å². The minimum atomic E-state index is -0.0568. The van der Waals surface area contributed by atoms with Gasteiger partial charge < -0.3 is 15.0 Å². The van der Waals surface area contributed by atoms with Gasteiger partial charge in [0.15, 0.2) is 5.82 Å². The topological polar surface area (TPSA) is 80.2 Å². The van der Waals surface area contributed by atoms with Gasteiger partial charge in [-0.1, -0.05) is 12.1 Å². The largest absolute Gasteiger partial charge is 0.497 e. The Morgan fingerprint density at radius 1 is 1.10 bits per heavy atom. The molecule has 1 amide bonds. The van der Waals surface area contributed by atoms with Gasteiger partial charge >= 0.3 is 0 Å². The number of benzene rings is 1. The molecule has 0 aliphatic carbocycles. The normalized spacial score (nSPS) is 16.2. The molecule has 3 aromatic rings. The number of piperidine rings is 1. The Hall–Kier alpha value is -3.48. The summed E-state index contributed by atoms with van der Waals surface area (Å²) in [5.41, 5.74) is 2.85. The van der Waals surface area contributed by atoms with Gasteiger partial charge in [-0.15, -0.1) is 10.2 Å². The van der Waals surface area contributed by atoms with Gasteiger partial charge in [0.1, 0.15) is 5.75 Å². The molecule has 1 saturated heterocycles. The summed E-state index contributed by atoms with van der Waals surface area (Å²) in [5, 5.41) is 11.8. The van der Waals surface area contributed by atoms with Crippen LogP contribution in [-0.2, 0) is 11.3 Å². The molecule has 1 atom stereocenters. The minimum absolute atomic E-state index is 0.0568. The number of anilines is 1. The lowest BCUT2D eigenvalue weighted by Gasteiger charge is -2.32. The summed E-state index contributed by atoms with van der Waals surface area (Å²) in [6.45, 7) is 2.04. The minimum Gasteiger partial charge on any atom is -0.497 e. The molecule has 1 unspecified atom stereocenters. The molecule has 3 heterocycles. The van der Waals surface area contributed by atoms with E-state index in [9.17, 15) is 4.79 Å². The van der Waals surface area contributed by atoms with Crippen molar-refractivity contribution in [1.29, 1.82) is 0 Å². The summed E-state index contributed by atoms with van der Waals surface area (Å²) < 4.78 is 5.17. The standard InChI is InChI=1S/C23H25N5O2/c1-30-20-6-4-17(5-7-20)15-25-23(29)19-3-2-14-28(16-19)22-9-8-21(26-27-22)18-10-12-24-13-11-18/h4-13,19H,2-3,14-16H2,1H3,(H,25,29). The van der Waals surface area contributed by atoms with E-state index in [2.05, 4.69) is 25.4 Å². The number of amides is 1. The maximum Gasteiger partial charge on any atom is 0.225 e. The van der Waals surface area contributed by atoms with E-state index in [0.717, 1.165) is 47.8 Å². The lowest BCUT2D eigenvalue weighted by Crippen LogP contribution is -2.43. The average molecular weight is 403 g/mol. The number of nitrogens with zero attached hydrogens (tertiary/aromatic N) is 4. The number of carbonyl (C=O) groups is 1. The number of carbonyl (C=O) groups excluding carboxylic acids is 1. The number of nitrogens with one attached hydrogen (secondary N) is 1. The van der Waals surface area contributed by atoms with Crippen molar-refractivity contribution in [3.63, 3.8) is 0 Å². The van der Waals surface area contributed by atoms with E-state index < -0.39 is 0 Å². The van der Waals surface area contributed by atoms with E-state index in [1.807, 2.05) is 48.5 Å². The predicted octanol–water partition coefficient (Wildman–Crippen LogP) is 3.08. The quantitative estimate of drug-likeness (QED) is 0.681. The Bertz CT molecular complexity index is 961. The molecule has 30 heavy (non-hydrogen) atoms. The number of pyridine rings is 1. The van der Waals surface area contributed by atoms with Gasteiger partial charge in [-0.05, 0) is 54.8 Å². The summed E-state index contributed by atoms with van der Waals surface area (Å²) in [4.78, 5) is 18.9. The van der Waals surface area contributed by atoms with Gasteiger partial charge in [0.05, 0.1) is 18.7 Å². The number of hydrogen-bond donors (Lipinski definition) is 1. The fourth-order valence-electron chi connectivity index (χ4n) is 3.65. The van der Waals surface area contributed by atoms with E-state index in [1.54, 1.807) is 19.5 Å². The zero-order valence-electron chi connectivity index (χ0n) is 17.0. The van der Waals surface area contributed by atoms with Crippen molar-refractivity contribution in [2.75, 3.05) is 25.1 Å². The van der Waals surface area contributed by atoms with E-state index in [0.29, 0.717) is 13.1 Å². The van der Waals surface area contributed by atoms with Crippen molar-refractivity contribution >= 4 is 11.7 Å². The molecule has 1 aliphatic heterocycles. The van der Waals surface area contributed by atoms with E-state index in [1.165, 1.54) is 0 Å². The highest BCUT2D eigenvalue weighted by Crippen LogP contribution is 2.23. The van der Waals surface area contributed by atoms with Crippen LogP contribution in [0.4, 0.5) is 5.82 Å². The molecular weight excluding hydrogens is 378 g/mol. The first-order valence-corrected chi connectivity index (χ1v) is 10.1. The third-order valence-electron chi connectivity index (χ3n) is 5.37. The van der Waals surface area contributed by atoms with Gasteiger partial charge in [-0.2, -0.15) is 0 Å². The number of aromatic nitrogens is 3. The van der Waals surface area contributed by atoms with Gasteiger partial charge in [0, 0.05) is 37.6 Å². The fourth-order valence-corrected chi connectivity index (χ4v) is 3.65. The molecule has 4 rings (SSSR count). The fraction of sp³-hybridized carbons (Fsp3) is 0.304. The zero-order chi connectivity index (χ0) is 20.8. The molecule has 0 radical (unpaired) electrons. The van der Waals surface area contributed by atoms with E-state index in [-0.39, 0.29) is 11.8 Å². The molecule has 1 aromatic carbocycles. The number of rotatable bonds is 6. The van der Waals surface area contributed by atoms with Crippen molar-refractivity contribution in [2.24, 2.45) is 5.92 Å². The highest BCUT2D eigenvalue weighted by Gasteiger charge is 2.26. The maximum absolute atomic E-state index is 12.7. The summed E-state index contributed by atoms with van der Waals surface area (Å²) in [6, 6.07) is 15.5. The van der Waals surface area contributed by atoms with Crippen LogP contribution in [0.25, 0.3) is 11.3 Å². The first-order chi connectivity index (χ1) is 14.7. The molecule has 1 aliphatic rings. The highest BCUT2D eigenvalue weighted by atomic mass is 16.5. The summed E-state index contributed by atoms with van der Waals surface area (Å²) in [6.07, 6.45) is 5.32. The van der Waals surface area contributed by atoms with Crippen molar-refractivity contribution in [1.82, 2.24) is 20.5 Å². The third kappa shape index (κ3) is 4.74. The van der Waals surface area contributed by atoms with Crippen LogP contribution < -0.4 is 15.0 Å². The lowest BCUT2D eigenvalue weighted by molar-refractivity contribution is -0.125. The maximum atomic E-state index is 12.7. The number of hydrogen-bond acceptors (Lipinski definition) is 6. The Balaban J connectivity index is 1.34. The summed E-state index contributed by atoms with van der Waals surface area (Å²) in [5.74, 6) is 1.64. The van der Waals surface area contributed by atoms with E-state index >= 15 is 0 Å². The summed E-state index contributed by atoms with van der Waals surface area (Å²) in [7, 11) is 1.64. The highest BCUT2D eigenvalue weighted by molar-refractivity contribution is 5.79. The monoisotopic (exact) mass is 403 g/mol. The van der Waals surface area contributed by atoms with Crippen molar-refractivity contribution < 1.29 is 9.53 Å². The first kappa shape index (κ1) is 19.8. The smallest absolute Gasteiger partial charge is 0.225 e. The van der Waals surface area contributed by atoms with Gasteiger partial charge in [-0.3, -0.25) is 9.78 Å². The molecule has 154 valence electrons. The van der Waals surface area contributed by atoms with Gasteiger partial charge in [0.2, 0.25) is 5.91 Å². The van der Waals surface area contributed by atoms with Crippen molar-refractivity contribution in [2.45, 2.75) is 19.4 Å². The molecule has 7 nitrogen and oxygen atoms in total. The Kier molecular flexibility index (Phi) is 6.17. The van der Waals surface area contributed by atoms with Crippen molar-refractivity contribution in [3.05, 3.63) is 66.5 Å². The first-order valence-electron chi connectivity index (χ1n) is 10.1. The molecule has 7 heteroatoms. The number of ether oxygens (including phenoxy) is 1. The molecule has 0 spiro atoms. The Labute approximate surface area is 176 Å². The Morgan fingerprint density at radius 2 is 1.90 bits per heavy atom. The van der Waals surface area contributed by atoms with Crippen LogP contribution in [0.3, 0.4) is 0 Å². The second kappa shape index (κ2) is 9.35. The van der Waals surface area contributed by atoms with Crippen LogP contribution in [-0.4, -0.2) is 41.3 Å². The number of methoxy groups -OCH3 is 1. The summed E-state index contributed by atoms with van der Waals surface area (Å²) >= 11 is 0. The molecule has 1 fully saturated rings. The van der Waals surface area contributed by atoms with Crippen LogP contribution in [0.1, 0.15) is 18.4 Å². The van der Waals surface area contributed by atoms with Crippen LogP contribution in [0, 0.1) is 5.92 Å².